The first-order valence-electron chi connectivity index (χ1n) is 10.8. The zero-order valence-electron chi connectivity index (χ0n) is 17.8. The van der Waals surface area contributed by atoms with Gasteiger partial charge >= 0.3 is 0 Å². The third-order valence-corrected chi connectivity index (χ3v) is 6.20. The van der Waals surface area contributed by atoms with Crippen LogP contribution in [0.3, 0.4) is 0 Å². The molecule has 3 heterocycles. The van der Waals surface area contributed by atoms with E-state index in [1.165, 1.54) is 17.0 Å². The predicted molar refractivity (Wildman–Crippen MR) is 122 cm³/mol. The number of para-hydroxylation sites is 1. The number of benzene rings is 2. The first-order valence-corrected chi connectivity index (χ1v) is 10.8. The number of nitrogens with one attached hydrogen (secondary N) is 1. The van der Waals surface area contributed by atoms with E-state index in [1.807, 2.05) is 53.4 Å². The normalized spacial score (nSPS) is 14.3. The van der Waals surface area contributed by atoms with Gasteiger partial charge in [0, 0.05) is 35.6 Å². The summed E-state index contributed by atoms with van der Waals surface area (Å²) >= 11 is 0. The SMILES string of the molecule is Cc1cc(=O)c(O)c([C@H](CC(=O)N2CCc3c([nH]c4ccccc34)C2)c2ccccc2)o1. The van der Waals surface area contributed by atoms with Crippen molar-refractivity contribution in [3.05, 3.63) is 99.2 Å². The van der Waals surface area contributed by atoms with Gasteiger partial charge in [0.25, 0.3) is 0 Å². The number of nitrogens with zero attached hydrogens (tertiary/aromatic N) is 1. The molecule has 0 unspecified atom stereocenters. The van der Waals surface area contributed by atoms with Gasteiger partial charge in [-0.2, -0.15) is 0 Å². The number of amides is 1. The molecule has 1 aliphatic heterocycles. The van der Waals surface area contributed by atoms with Crippen molar-refractivity contribution in [1.29, 1.82) is 0 Å². The molecule has 1 aliphatic rings. The molecule has 2 aromatic carbocycles. The average Bonchev–Trinajstić information content (AvgIpc) is 3.18. The molecule has 6 heteroatoms. The van der Waals surface area contributed by atoms with Gasteiger partial charge in [-0.3, -0.25) is 9.59 Å². The van der Waals surface area contributed by atoms with Crippen LogP contribution in [0.15, 0.2) is 69.9 Å². The van der Waals surface area contributed by atoms with E-state index in [9.17, 15) is 14.7 Å². The maximum Gasteiger partial charge on any atom is 0.227 e. The molecule has 0 bridgehead atoms. The molecule has 1 amide bonds. The lowest BCUT2D eigenvalue weighted by atomic mass is 9.91. The highest BCUT2D eigenvalue weighted by Crippen LogP contribution is 2.34. The fourth-order valence-electron chi connectivity index (χ4n) is 4.62. The summed E-state index contributed by atoms with van der Waals surface area (Å²) in [6.07, 6.45) is 0.880. The summed E-state index contributed by atoms with van der Waals surface area (Å²) in [6, 6.07) is 18.8. The van der Waals surface area contributed by atoms with Crippen molar-refractivity contribution in [3.8, 4) is 5.75 Å². The third kappa shape index (κ3) is 3.58. The largest absolute Gasteiger partial charge is 0.502 e. The van der Waals surface area contributed by atoms with Gasteiger partial charge in [0.15, 0.2) is 5.76 Å². The number of hydrogen-bond acceptors (Lipinski definition) is 4. The number of fused-ring (bicyclic) bond motifs is 3. The highest BCUT2D eigenvalue weighted by molar-refractivity contribution is 5.86. The van der Waals surface area contributed by atoms with Crippen LogP contribution in [-0.2, 0) is 17.8 Å². The highest BCUT2D eigenvalue weighted by Gasteiger charge is 2.30. The number of aromatic nitrogens is 1. The van der Waals surface area contributed by atoms with Crippen molar-refractivity contribution in [2.75, 3.05) is 6.54 Å². The smallest absolute Gasteiger partial charge is 0.227 e. The number of aromatic hydroxyl groups is 1. The van der Waals surface area contributed by atoms with Crippen LogP contribution in [0.5, 0.6) is 5.75 Å². The number of carbonyl (C=O) groups excluding carboxylic acids is 1. The minimum absolute atomic E-state index is 0.0493. The summed E-state index contributed by atoms with van der Waals surface area (Å²) in [5.41, 5.74) is 3.73. The summed E-state index contributed by atoms with van der Waals surface area (Å²) in [6.45, 7) is 2.79. The Bertz CT molecular complexity index is 1350. The second kappa shape index (κ2) is 8.04. The number of H-pyrrole nitrogens is 1. The Labute approximate surface area is 185 Å². The van der Waals surface area contributed by atoms with Gasteiger partial charge in [-0.05, 0) is 30.5 Å². The molecule has 162 valence electrons. The van der Waals surface area contributed by atoms with E-state index in [1.54, 1.807) is 6.92 Å². The lowest BCUT2D eigenvalue weighted by Gasteiger charge is -2.29. The van der Waals surface area contributed by atoms with E-state index in [4.69, 9.17) is 4.42 Å². The fraction of sp³-hybridized carbons (Fsp3) is 0.231. The van der Waals surface area contributed by atoms with Gasteiger partial charge in [0.2, 0.25) is 17.1 Å². The summed E-state index contributed by atoms with van der Waals surface area (Å²) < 4.78 is 5.76. The highest BCUT2D eigenvalue weighted by atomic mass is 16.4. The number of hydrogen-bond donors (Lipinski definition) is 2. The van der Waals surface area contributed by atoms with E-state index >= 15 is 0 Å². The third-order valence-electron chi connectivity index (χ3n) is 6.20. The van der Waals surface area contributed by atoms with Crippen LogP contribution in [0.2, 0.25) is 0 Å². The topological polar surface area (TPSA) is 86.5 Å². The Morgan fingerprint density at radius 3 is 2.72 bits per heavy atom. The van der Waals surface area contributed by atoms with Crippen LogP contribution in [0, 0.1) is 6.92 Å². The predicted octanol–water partition coefficient (Wildman–Crippen LogP) is 4.24. The number of carbonyl (C=O) groups is 1. The molecular formula is C26H24N2O4. The van der Waals surface area contributed by atoms with Crippen LogP contribution in [0.4, 0.5) is 0 Å². The second-order valence-corrected chi connectivity index (χ2v) is 8.29. The Hall–Kier alpha value is -3.80. The lowest BCUT2D eigenvalue weighted by molar-refractivity contribution is -0.132. The van der Waals surface area contributed by atoms with Crippen molar-refractivity contribution < 1.29 is 14.3 Å². The summed E-state index contributed by atoms with van der Waals surface area (Å²) in [7, 11) is 0. The zero-order valence-corrected chi connectivity index (χ0v) is 17.8. The van der Waals surface area contributed by atoms with Gasteiger partial charge in [0.1, 0.15) is 5.76 Å². The minimum Gasteiger partial charge on any atom is -0.502 e. The number of aromatic amines is 1. The minimum atomic E-state index is -0.555. The van der Waals surface area contributed by atoms with Crippen molar-refractivity contribution in [2.45, 2.75) is 32.2 Å². The van der Waals surface area contributed by atoms with Crippen LogP contribution in [-0.4, -0.2) is 27.4 Å². The molecule has 0 spiro atoms. The molecule has 32 heavy (non-hydrogen) atoms. The van der Waals surface area contributed by atoms with Crippen molar-refractivity contribution in [3.63, 3.8) is 0 Å². The first kappa shape index (κ1) is 20.1. The summed E-state index contributed by atoms with van der Waals surface area (Å²) in [5, 5.41) is 11.7. The van der Waals surface area contributed by atoms with E-state index in [2.05, 4.69) is 11.1 Å². The van der Waals surface area contributed by atoms with Crippen molar-refractivity contribution in [2.24, 2.45) is 0 Å². The van der Waals surface area contributed by atoms with Crippen LogP contribution in [0.1, 0.15) is 40.7 Å². The monoisotopic (exact) mass is 428 g/mol. The van der Waals surface area contributed by atoms with Crippen molar-refractivity contribution >= 4 is 16.8 Å². The molecule has 2 N–H and O–H groups in total. The first-order chi connectivity index (χ1) is 15.5. The summed E-state index contributed by atoms with van der Waals surface area (Å²) in [5.74, 6) is -0.504. The van der Waals surface area contributed by atoms with Gasteiger partial charge < -0.3 is 19.4 Å². The molecule has 0 fully saturated rings. The van der Waals surface area contributed by atoms with E-state index in [0.717, 1.165) is 23.2 Å². The Kier molecular flexibility index (Phi) is 5.05. The lowest BCUT2D eigenvalue weighted by Crippen LogP contribution is -2.36. The van der Waals surface area contributed by atoms with E-state index in [-0.39, 0.29) is 18.1 Å². The number of aryl methyl sites for hydroxylation is 1. The Balaban J connectivity index is 1.45. The standard InChI is InChI=1S/C26H24N2O4/c1-16-13-23(29)25(31)26(32-16)20(17-7-3-2-4-8-17)14-24(30)28-12-11-19-18-9-5-6-10-21(18)27-22(19)15-28/h2-10,13,20,27,31H,11-12,14-15H2,1H3/t20-/m1/s1. The molecule has 4 aromatic rings. The average molecular weight is 428 g/mol. The van der Waals surface area contributed by atoms with E-state index < -0.39 is 17.1 Å². The molecule has 2 aromatic heterocycles. The van der Waals surface area contributed by atoms with Crippen LogP contribution >= 0.6 is 0 Å². The zero-order chi connectivity index (χ0) is 22.2. The van der Waals surface area contributed by atoms with Crippen molar-refractivity contribution in [1.82, 2.24) is 9.88 Å². The molecule has 1 atom stereocenters. The van der Waals surface area contributed by atoms with Crippen LogP contribution < -0.4 is 5.43 Å². The molecule has 0 aliphatic carbocycles. The summed E-state index contributed by atoms with van der Waals surface area (Å²) in [4.78, 5) is 30.8. The van der Waals surface area contributed by atoms with Gasteiger partial charge in [0.05, 0.1) is 12.5 Å². The maximum absolute atomic E-state index is 13.4. The fourth-order valence-corrected chi connectivity index (χ4v) is 4.62. The molecule has 5 rings (SSSR count). The van der Waals surface area contributed by atoms with E-state index in [0.29, 0.717) is 18.8 Å². The van der Waals surface area contributed by atoms with Gasteiger partial charge in [-0.25, -0.2) is 0 Å². The molecule has 0 saturated heterocycles. The quantitative estimate of drug-likeness (QED) is 0.509. The number of rotatable bonds is 4. The molecular weight excluding hydrogens is 404 g/mol. The molecule has 6 nitrogen and oxygen atoms in total. The maximum atomic E-state index is 13.4. The Morgan fingerprint density at radius 1 is 1.16 bits per heavy atom. The second-order valence-electron chi connectivity index (χ2n) is 8.29. The van der Waals surface area contributed by atoms with Gasteiger partial charge in [-0.1, -0.05) is 48.5 Å². The molecule has 0 saturated carbocycles. The van der Waals surface area contributed by atoms with Crippen LogP contribution in [0.25, 0.3) is 10.9 Å². The van der Waals surface area contributed by atoms with Gasteiger partial charge in [-0.15, -0.1) is 0 Å². The Morgan fingerprint density at radius 2 is 1.91 bits per heavy atom. The molecule has 0 radical (unpaired) electrons.